The van der Waals surface area contributed by atoms with Crippen molar-refractivity contribution in [2.45, 2.75) is 70.9 Å². The molecule has 1 unspecified atom stereocenters. The van der Waals surface area contributed by atoms with Gasteiger partial charge in [-0.2, -0.15) is 0 Å². The van der Waals surface area contributed by atoms with Crippen molar-refractivity contribution in [1.82, 2.24) is 5.32 Å². The van der Waals surface area contributed by atoms with Gasteiger partial charge in [-0.05, 0) is 18.3 Å². The summed E-state index contributed by atoms with van der Waals surface area (Å²) in [5.74, 6) is -1.26. The van der Waals surface area contributed by atoms with Crippen molar-refractivity contribution >= 4 is 11.9 Å². The van der Waals surface area contributed by atoms with E-state index in [9.17, 15) is 14.7 Å². The molecular formula is C14H26N2O3. The van der Waals surface area contributed by atoms with Crippen LogP contribution in [-0.2, 0) is 9.59 Å². The van der Waals surface area contributed by atoms with E-state index in [1.165, 1.54) is 6.42 Å². The first kappa shape index (κ1) is 16.0. The smallest absolute Gasteiger partial charge is 0.326 e. The molecule has 4 N–H and O–H groups in total. The van der Waals surface area contributed by atoms with E-state index >= 15 is 0 Å². The van der Waals surface area contributed by atoms with E-state index in [4.69, 9.17) is 5.73 Å². The van der Waals surface area contributed by atoms with Crippen LogP contribution in [0.15, 0.2) is 0 Å². The van der Waals surface area contributed by atoms with Gasteiger partial charge in [-0.25, -0.2) is 4.79 Å². The van der Waals surface area contributed by atoms with Gasteiger partial charge >= 0.3 is 5.97 Å². The van der Waals surface area contributed by atoms with Crippen molar-refractivity contribution in [3.05, 3.63) is 0 Å². The summed E-state index contributed by atoms with van der Waals surface area (Å²) in [6.07, 6.45) is 5.16. The second-order valence-electron chi connectivity index (χ2n) is 6.80. The summed E-state index contributed by atoms with van der Waals surface area (Å²) >= 11 is 0. The first-order valence-electron chi connectivity index (χ1n) is 6.95. The molecule has 0 radical (unpaired) electrons. The van der Waals surface area contributed by atoms with Gasteiger partial charge in [0.2, 0.25) is 5.91 Å². The molecule has 1 amide bonds. The number of rotatable bonds is 4. The predicted molar refractivity (Wildman–Crippen MR) is 73.6 cm³/mol. The van der Waals surface area contributed by atoms with Crippen molar-refractivity contribution in [2.75, 3.05) is 0 Å². The summed E-state index contributed by atoms with van der Waals surface area (Å²) < 4.78 is 0. The Labute approximate surface area is 114 Å². The number of carbonyl (C=O) groups is 2. The number of carboxylic acid groups (broad SMARTS) is 1. The normalized spacial score (nSPS) is 20.6. The second kappa shape index (κ2) is 5.90. The van der Waals surface area contributed by atoms with Gasteiger partial charge in [0, 0.05) is 12.0 Å². The average molecular weight is 270 g/mol. The van der Waals surface area contributed by atoms with Gasteiger partial charge in [0.05, 0.1) is 0 Å². The zero-order chi connectivity index (χ0) is 14.7. The fraction of sp³-hybridized carbons (Fsp3) is 0.857. The highest BCUT2D eigenvalue weighted by Crippen LogP contribution is 2.29. The molecule has 0 spiro atoms. The van der Waals surface area contributed by atoms with Crippen LogP contribution in [0.1, 0.15) is 59.3 Å². The highest BCUT2D eigenvalue weighted by Gasteiger charge is 2.35. The molecule has 1 saturated carbocycles. The van der Waals surface area contributed by atoms with Crippen LogP contribution in [0.3, 0.4) is 0 Å². The number of carbonyl (C=O) groups excluding carboxylic acids is 1. The fourth-order valence-electron chi connectivity index (χ4n) is 2.61. The zero-order valence-electron chi connectivity index (χ0n) is 12.2. The van der Waals surface area contributed by atoms with E-state index in [-0.39, 0.29) is 12.3 Å². The number of aliphatic carboxylic acids is 1. The molecule has 0 aromatic carbocycles. The van der Waals surface area contributed by atoms with Gasteiger partial charge in [-0.3, -0.25) is 4.79 Å². The molecule has 0 aromatic heterocycles. The van der Waals surface area contributed by atoms with E-state index in [1.54, 1.807) is 20.8 Å². The second-order valence-corrected chi connectivity index (χ2v) is 6.80. The molecule has 0 heterocycles. The van der Waals surface area contributed by atoms with Crippen LogP contribution >= 0.6 is 0 Å². The molecule has 5 nitrogen and oxygen atoms in total. The van der Waals surface area contributed by atoms with Crippen LogP contribution in [0.5, 0.6) is 0 Å². The van der Waals surface area contributed by atoms with E-state index in [2.05, 4.69) is 5.32 Å². The van der Waals surface area contributed by atoms with Crippen molar-refractivity contribution in [2.24, 2.45) is 11.1 Å². The Balaban J connectivity index is 2.60. The van der Waals surface area contributed by atoms with Gasteiger partial charge in [-0.15, -0.1) is 0 Å². The Bertz CT molecular complexity index is 341. The topological polar surface area (TPSA) is 92.4 Å². The number of nitrogens with one attached hydrogen (secondary N) is 1. The molecule has 0 saturated heterocycles. The Morgan fingerprint density at radius 1 is 1.26 bits per heavy atom. The van der Waals surface area contributed by atoms with E-state index < -0.39 is 23.0 Å². The summed E-state index contributed by atoms with van der Waals surface area (Å²) in [6, 6.07) is -0.882. The summed E-state index contributed by atoms with van der Waals surface area (Å²) in [6.45, 7) is 5.39. The molecule has 1 rings (SSSR count). The first-order chi connectivity index (χ1) is 8.64. The molecule has 1 aliphatic carbocycles. The molecule has 1 aliphatic rings. The highest BCUT2D eigenvalue weighted by atomic mass is 16.4. The molecule has 110 valence electrons. The molecule has 0 bridgehead atoms. The number of carboxylic acids is 1. The Morgan fingerprint density at radius 3 is 2.21 bits per heavy atom. The minimum atomic E-state index is -1.00. The Hall–Kier alpha value is -1.10. The van der Waals surface area contributed by atoms with Gasteiger partial charge in [0.25, 0.3) is 0 Å². The first-order valence-corrected chi connectivity index (χ1v) is 6.95. The maximum Gasteiger partial charge on any atom is 0.326 e. The number of hydrogen-bond acceptors (Lipinski definition) is 3. The van der Waals surface area contributed by atoms with Crippen LogP contribution < -0.4 is 11.1 Å². The third-order valence-corrected chi connectivity index (χ3v) is 3.78. The van der Waals surface area contributed by atoms with Crippen molar-refractivity contribution in [3.63, 3.8) is 0 Å². The average Bonchev–Trinajstić information content (AvgIpc) is 2.24. The third-order valence-electron chi connectivity index (χ3n) is 3.78. The fourth-order valence-corrected chi connectivity index (χ4v) is 2.61. The van der Waals surface area contributed by atoms with Crippen molar-refractivity contribution in [3.8, 4) is 0 Å². The number of hydrogen-bond donors (Lipinski definition) is 3. The largest absolute Gasteiger partial charge is 0.480 e. The summed E-state index contributed by atoms with van der Waals surface area (Å²) in [5.41, 5.74) is 5.24. The Morgan fingerprint density at radius 2 is 1.79 bits per heavy atom. The number of amides is 1. The number of nitrogens with two attached hydrogens (primary N) is 1. The lowest BCUT2D eigenvalue weighted by Gasteiger charge is -2.34. The third kappa shape index (κ3) is 4.82. The van der Waals surface area contributed by atoms with E-state index in [0.29, 0.717) is 0 Å². The maximum atomic E-state index is 12.0. The van der Waals surface area contributed by atoms with Crippen LogP contribution in [0.2, 0.25) is 0 Å². The van der Waals surface area contributed by atoms with Crippen molar-refractivity contribution in [1.29, 1.82) is 0 Å². The summed E-state index contributed by atoms with van der Waals surface area (Å²) in [7, 11) is 0. The monoisotopic (exact) mass is 270 g/mol. The molecule has 5 heteroatoms. The molecule has 1 fully saturated rings. The lowest BCUT2D eigenvalue weighted by molar-refractivity contribution is -0.145. The minimum absolute atomic E-state index is 0.215. The van der Waals surface area contributed by atoms with Crippen LogP contribution in [0, 0.1) is 5.41 Å². The highest BCUT2D eigenvalue weighted by molar-refractivity contribution is 5.84. The van der Waals surface area contributed by atoms with Crippen LogP contribution in [0.4, 0.5) is 0 Å². The summed E-state index contributed by atoms with van der Waals surface area (Å²) in [5, 5.41) is 11.8. The molecule has 0 aliphatic heterocycles. The summed E-state index contributed by atoms with van der Waals surface area (Å²) in [4.78, 5) is 23.2. The lowest BCUT2D eigenvalue weighted by Crippen LogP contribution is -2.52. The van der Waals surface area contributed by atoms with Crippen LogP contribution in [0.25, 0.3) is 0 Å². The lowest BCUT2D eigenvalue weighted by atomic mass is 9.79. The molecule has 0 aromatic rings. The SMILES string of the molecule is CC(C)(C)C(NC(=O)CC1(N)CCCCC1)C(=O)O. The maximum absolute atomic E-state index is 12.0. The van der Waals surface area contributed by atoms with Gasteiger partial charge in [-0.1, -0.05) is 40.0 Å². The zero-order valence-corrected chi connectivity index (χ0v) is 12.2. The van der Waals surface area contributed by atoms with E-state index in [1.807, 2.05) is 0 Å². The molecule has 1 atom stereocenters. The van der Waals surface area contributed by atoms with Gasteiger partial charge in [0.15, 0.2) is 0 Å². The van der Waals surface area contributed by atoms with Crippen LogP contribution in [-0.4, -0.2) is 28.6 Å². The molecular weight excluding hydrogens is 244 g/mol. The van der Waals surface area contributed by atoms with Gasteiger partial charge < -0.3 is 16.2 Å². The van der Waals surface area contributed by atoms with Crippen molar-refractivity contribution < 1.29 is 14.7 Å². The predicted octanol–water partition coefficient (Wildman–Crippen LogP) is 1.65. The standard InChI is InChI=1S/C14H26N2O3/c1-13(2,3)11(12(18)19)16-10(17)9-14(15)7-5-4-6-8-14/h11H,4-9,15H2,1-3H3,(H,16,17)(H,18,19). The van der Waals surface area contributed by atoms with Gasteiger partial charge in [0.1, 0.15) is 6.04 Å². The molecule has 19 heavy (non-hydrogen) atoms. The minimum Gasteiger partial charge on any atom is -0.480 e. The Kier molecular flexibility index (Phi) is 4.96. The quantitative estimate of drug-likeness (QED) is 0.724. The van der Waals surface area contributed by atoms with E-state index in [0.717, 1.165) is 25.7 Å².